The maximum atomic E-state index is 4.69. The van der Waals surface area contributed by atoms with Gasteiger partial charge in [-0.1, -0.05) is 32.0 Å². The third-order valence-electron chi connectivity index (χ3n) is 3.67. The van der Waals surface area contributed by atoms with E-state index in [1.54, 1.807) is 0 Å². The van der Waals surface area contributed by atoms with E-state index in [1.165, 1.54) is 11.3 Å². The first-order chi connectivity index (χ1) is 10.1. The van der Waals surface area contributed by atoms with Gasteiger partial charge in [-0.2, -0.15) is 4.98 Å². The van der Waals surface area contributed by atoms with E-state index < -0.39 is 0 Å². The fraction of sp³-hybridized carbons (Fsp3) is 0.412. The average molecular weight is 282 g/mol. The van der Waals surface area contributed by atoms with E-state index in [0.717, 1.165) is 37.0 Å². The van der Waals surface area contributed by atoms with Gasteiger partial charge in [-0.3, -0.25) is 0 Å². The van der Waals surface area contributed by atoms with Gasteiger partial charge in [0.25, 0.3) is 0 Å². The first-order valence-electron chi connectivity index (χ1n) is 7.58. The number of aryl methyl sites for hydroxylation is 1. The molecule has 0 bridgehead atoms. The normalized spacial score (nSPS) is 13.6. The standard InChI is InChI=1S/C17H22N4/c1-12(2)11-18-17-19-13(3)10-16(20-17)21-9-8-14-6-4-5-7-15(14)21/h4-7,10,12H,8-9,11H2,1-3H3,(H,18,19,20). The van der Waals surface area contributed by atoms with Crippen LogP contribution in [0.3, 0.4) is 0 Å². The van der Waals surface area contributed by atoms with Gasteiger partial charge >= 0.3 is 0 Å². The van der Waals surface area contributed by atoms with E-state index in [4.69, 9.17) is 4.98 Å². The number of benzene rings is 1. The highest BCUT2D eigenvalue weighted by Gasteiger charge is 2.21. The molecule has 21 heavy (non-hydrogen) atoms. The molecule has 1 N–H and O–H groups in total. The molecule has 110 valence electrons. The second-order valence-corrected chi connectivity index (χ2v) is 6.00. The van der Waals surface area contributed by atoms with Gasteiger partial charge in [-0.05, 0) is 30.9 Å². The number of aromatic nitrogens is 2. The van der Waals surface area contributed by atoms with Crippen LogP contribution in [-0.4, -0.2) is 23.1 Å². The van der Waals surface area contributed by atoms with Crippen LogP contribution >= 0.6 is 0 Å². The maximum Gasteiger partial charge on any atom is 0.224 e. The van der Waals surface area contributed by atoms with Gasteiger partial charge in [0.15, 0.2) is 0 Å². The van der Waals surface area contributed by atoms with E-state index in [1.807, 2.05) is 6.92 Å². The average Bonchev–Trinajstić information content (AvgIpc) is 2.88. The van der Waals surface area contributed by atoms with E-state index in [9.17, 15) is 0 Å². The molecule has 0 atom stereocenters. The summed E-state index contributed by atoms with van der Waals surface area (Å²) in [5.41, 5.74) is 3.66. The number of fused-ring (bicyclic) bond motifs is 1. The second-order valence-electron chi connectivity index (χ2n) is 6.00. The van der Waals surface area contributed by atoms with Crippen LogP contribution in [0.5, 0.6) is 0 Å². The maximum absolute atomic E-state index is 4.69. The highest BCUT2D eigenvalue weighted by atomic mass is 15.2. The molecule has 1 aromatic carbocycles. The van der Waals surface area contributed by atoms with Crippen LogP contribution in [0.1, 0.15) is 25.1 Å². The SMILES string of the molecule is Cc1cc(N2CCc3ccccc32)nc(NCC(C)C)n1. The highest BCUT2D eigenvalue weighted by molar-refractivity contribution is 5.68. The molecule has 0 amide bonds. The predicted octanol–water partition coefficient (Wildman–Crippen LogP) is 3.55. The van der Waals surface area contributed by atoms with Crippen LogP contribution in [0.25, 0.3) is 0 Å². The molecule has 4 heteroatoms. The van der Waals surface area contributed by atoms with Crippen LogP contribution in [-0.2, 0) is 6.42 Å². The fourth-order valence-corrected chi connectivity index (χ4v) is 2.64. The first-order valence-corrected chi connectivity index (χ1v) is 7.58. The van der Waals surface area contributed by atoms with Crippen LogP contribution < -0.4 is 10.2 Å². The summed E-state index contributed by atoms with van der Waals surface area (Å²) >= 11 is 0. The van der Waals surface area contributed by atoms with Gasteiger partial charge in [0.05, 0.1) is 0 Å². The molecular weight excluding hydrogens is 260 g/mol. The monoisotopic (exact) mass is 282 g/mol. The zero-order valence-corrected chi connectivity index (χ0v) is 12.9. The molecular formula is C17H22N4. The van der Waals surface area contributed by atoms with Crippen molar-refractivity contribution >= 4 is 17.5 Å². The molecule has 0 saturated heterocycles. The minimum Gasteiger partial charge on any atom is -0.354 e. The predicted molar refractivity (Wildman–Crippen MR) is 87.2 cm³/mol. The van der Waals surface area contributed by atoms with Crippen molar-refractivity contribution in [3.63, 3.8) is 0 Å². The number of rotatable bonds is 4. The van der Waals surface area contributed by atoms with Crippen molar-refractivity contribution in [1.29, 1.82) is 0 Å². The van der Waals surface area contributed by atoms with Gasteiger partial charge in [0.1, 0.15) is 5.82 Å². The summed E-state index contributed by atoms with van der Waals surface area (Å²) in [6.07, 6.45) is 1.08. The molecule has 0 aliphatic carbocycles. The lowest BCUT2D eigenvalue weighted by Crippen LogP contribution is -2.17. The Balaban J connectivity index is 1.89. The van der Waals surface area contributed by atoms with Crippen molar-refractivity contribution in [3.8, 4) is 0 Å². The Morgan fingerprint density at radius 3 is 2.86 bits per heavy atom. The van der Waals surface area contributed by atoms with E-state index in [-0.39, 0.29) is 0 Å². The minimum atomic E-state index is 0.574. The van der Waals surface area contributed by atoms with Gasteiger partial charge in [0, 0.05) is 30.5 Å². The van der Waals surface area contributed by atoms with Crippen molar-refractivity contribution in [1.82, 2.24) is 9.97 Å². The summed E-state index contributed by atoms with van der Waals surface area (Å²) in [5, 5.41) is 3.32. The number of anilines is 3. The van der Waals surface area contributed by atoms with E-state index in [0.29, 0.717) is 5.92 Å². The van der Waals surface area contributed by atoms with Crippen molar-refractivity contribution in [2.45, 2.75) is 27.2 Å². The van der Waals surface area contributed by atoms with Crippen molar-refractivity contribution in [3.05, 3.63) is 41.6 Å². The van der Waals surface area contributed by atoms with Crippen LogP contribution in [0.2, 0.25) is 0 Å². The summed E-state index contributed by atoms with van der Waals surface area (Å²) in [4.78, 5) is 11.5. The molecule has 2 aromatic rings. The van der Waals surface area contributed by atoms with Gasteiger partial charge in [-0.15, -0.1) is 0 Å². The Morgan fingerprint density at radius 1 is 1.24 bits per heavy atom. The number of hydrogen-bond acceptors (Lipinski definition) is 4. The largest absolute Gasteiger partial charge is 0.354 e. The Kier molecular flexibility index (Phi) is 3.78. The van der Waals surface area contributed by atoms with Crippen molar-refractivity contribution in [2.75, 3.05) is 23.3 Å². The Bertz CT molecular complexity index is 636. The zero-order valence-electron chi connectivity index (χ0n) is 12.9. The molecule has 3 rings (SSSR count). The lowest BCUT2D eigenvalue weighted by molar-refractivity contribution is 0.684. The summed E-state index contributed by atoms with van der Waals surface area (Å²) in [6.45, 7) is 8.26. The molecule has 1 aromatic heterocycles. The van der Waals surface area contributed by atoms with Crippen molar-refractivity contribution in [2.24, 2.45) is 5.92 Å². The topological polar surface area (TPSA) is 41.1 Å². The molecule has 1 aliphatic heterocycles. The number of para-hydroxylation sites is 1. The lowest BCUT2D eigenvalue weighted by atomic mass is 10.2. The molecule has 2 heterocycles. The fourth-order valence-electron chi connectivity index (χ4n) is 2.64. The molecule has 0 saturated carbocycles. The molecule has 0 spiro atoms. The molecule has 0 radical (unpaired) electrons. The number of hydrogen-bond donors (Lipinski definition) is 1. The lowest BCUT2D eigenvalue weighted by Gasteiger charge is -2.19. The zero-order chi connectivity index (χ0) is 14.8. The summed E-state index contributed by atoms with van der Waals surface area (Å²) < 4.78 is 0. The molecule has 0 unspecified atom stereocenters. The molecule has 4 nitrogen and oxygen atoms in total. The third-order valence-corrected chi connectivity index (χ3v) is 3.67. The highest BCUT2D eigenvalue weighted by Crippen LogP contribution is 2.33. The van der Waals surface area contributed by atoms with E-state index in [2.05, 4.69) is 59.4 Å². The van der Waals surface area contributed by atoms with Gasteiger partial charge in [0.2, 0.25) is 5.95 Å². The quantitative estimate of drug-likeness (QED) is 0.931. The number of nitrogens with zero attached hydrogens (tertiary/aromatic N) is 3. The van der Waals surface area contributed by atoms with Crippen LogP contribution in [0.15, 0.2) is 30.3 Å². The molecule has 0 fully saturated rings. The summed E-state index contributed by atoms with van der Waals surface area (Å²) in [5.74, 6) is 2.28. The Morgan fingerprint density at radius 2 is 2.05 bits per heavy atom. The summed E-state index contributed by atoms with van der Waals surface area (Å²) in [7, 11) is 0. The van der Waals surface area contributed by atoms with E-state index >= 15 is 0 Å². The third kappa shape index (κ3) is 2.99. The van der Waals surface area contributed by atoms with Gasteiger partial charge in [-0.25, -0.2) is 4.98 Å². The smallest absolute Gasteiger partial charge is 0.224 e. The number of nitrogens with one attached hydrogen (secondary N) is 1. The summed E-state index contributed by atoms with van der Waals surface area (Å²) in [6, 6.07) is 10.6. The van der Waals surface area contributed by atoms with Crippen molar-refractivity contribution < 1.29 is 0 Å². The van der Waals surface area contributed by atoms with Crippen LogP contribution in [0, 0.1) is 12.8 Å². The Hall–Kier alpha value is -2.10. The van der Waals surface area contributed by atoms with Crippen LogP contribution in [0.4, 0.5) is 17.5 Å². The Labute approximate surface area is 126 Å². The first kappa shape index (κ1) is 13.9. The molecule has 1 aliphatic rings. The second kappa shape index (κ2) is 5.72. The minimum absolute atomic E-state index is 0.574. The van der Waals surface area contributed by atoms with Gasteiger partial charge < -0.3 is 10.2 Å².